The average Bonchev–Trinajstić information content (AvgIpc) is 2.72. The first-order valence-corrected chi connectivity index (χ1v) is 10.4. The molecule has 0 saturated heterocycles. The van der Waals surface area contributed by atoms with Gasteiger partial charge in [-0.3, -0.25) is 4.79 Å². The van der Waals surface area contributed by atoms with Crippen molar-refractivity contribution in [3.63, 3.8) is 0 Å². The summed E-state index contributed by atoms with van der Waals surface area (Å²) in [5.41, 5.74) is 6.22. The van der Waals surface area contributed by atoms with Crippen LogP contribution in [0, 0.1) is 0 Å². The lowest BCUT2D eigenvalue weighted by molar-refractivity contribution is 0.0982. The van der Waals surface area contributed by atoms with Crippen molar-refractivity contribution < 1.29 is 9.53 Å². The van der Waals surface area contributed by atoms with Crippen molar-refractivity contribution in [2.75, 3.05) is 33.8 Å². The topological polar surface area (TPSA) is 41.6 Å². The zero-order chi connectivity index (χ0) is 19.5. The van der Waals surface area contributed by atoms with Gasteiger partial charge in [-0.1, -0.05) is 30.3 Å². The second kappa shape index (κ2) is 8.46. The van der Waals surface area contributed by atoms with E-state index >= 15 is 0 Å². The van der Waals surface area contributed by atoms with Gasteiger partial charge in [0.2, 0.25) is 0 Å². The van der Waals surface area contributed by atoms with E-state index in [1.807, 2.05) is 6.07 Å². The monoisotopic (exact) mass is 378 g/mol. The number of carbonyl (C=O) groups is 1. The van der Waals surface area contributed by atoms with Gasteiger partial charge in [-0.15, -0.1) is 0 Å². The highest BCUT2D eigenvalue weighted by molar-refractivity contribution is 5.99. The minimum atomic E-state index is 0.205. The summed E-state index contributed by atoms with van der Waals surface area (Å²) in [6.45, 7) is 3.36. The van der Waals surface area contributed by atoms with Crippen molar-refractivity contribution in [2.24, 2.45) is 0 Å². The van der Waals surface area contributed by atoms with Crippen LogP contribution in [0.25, 0.3) is 0 Å². The molecule has 0 amide bonds. The molecule has 4 nitrogen and oxygen atoms in total. The largest absolute Gasteiger partial charge is 0.496 e. The number of hydrogen-bond donors (Lipinski definition) is 1. The Bertz CT molecular complexity index is 862. The van der Waals surface area contributed by atoms with Gasteiger partial charge in [-0.05, 0) is 67.0 Å². The van der Waals surface area contributed by atoms with Gasteiger partial charge >= 0.3 is 0 Å². The molecule has 0 radical (unpaired) electrons. The number of Topliss-reactive ketones (excluding diaryl/α,β-unsaturated/α-hetero) is 1. The molecule has 148 valence electrons. The minimum Gasteiger partial charge on any atom is -0.496 e. The summed E-state index contributed by atoms with van der Waals surface area (Å²) in [4.78, 5) is 14.4. The Hall–Kier alpha value is -2.17. The first-order valence-electron chi connectivity index (χ1n) is 10.4. The van der Waals surface area contributed by atoms with Gasteiger partial charge in [-0.25, -0.2) is 0 Å². The van der Waals surface area contributed by atoms with Crippen LogP contribution in [0.5, 0.6) is 5.75 Å². The fraction of sp³-hybridized carbons (Fsp3) is 0.458. The van der Waals surface area contributed by atoms with Crippen LogP contribution in [0.2, 0.25) is 0 Å². The van der Waals surface area contributed by atoms with Crippen LogP contribution in [0.1, 0.15) is 51.4 Å². The predicted molar refractivity (Wildman–Crippen MR) is 112 cm³/mol. The lowest BCUT2D eigenvalue weighted by Crippen LogP contribution is -2.30. The molecule has 1 N–H and O–H groups in total. The van der Waals surface area contributed by atoms with Crippen molar-refractivity contribution >= 4 is 5.78 Å². The van der Waals surface area contributed by atoms with Crippen molar-refractivity contribution in [1.29, 1.82) is 0 Å². The molecule has 4 heteroatoms. The molecule has 1 heterocycles. The second-order valence-electron chi connectivity index (χ2n) is 8.15. The van der Waals surface area contributed by atoms with Crippen LogP contribution in [0.4, 0.5) is 0 Å². The zero-order valence-corrected chi connectivity index (χ0v) is 17.0. The zero-order valence-electron chi connectivity index (χ0n) is 17.0. The number of nitrogens with one attached hydrogen (secondary N) is 1. The smallest absolute Gasteiger partial charge is 0.176 e. The lowest BCUT2D eigenvalue weighted by Gasteiger charge is -2.30. The van der Waals surface area contributed by atoms with E-state index in [1.54, 1.807) is 7.11 Å². The molecular formula is C24H30N2O2. The molecule has 0 fully saturated rings. The maximum Gasteiger partial charge on any atom is 0.176 e. The lowest BCUT2D eigenvalue weighted by atomic mass is 9.82. The Morgan fingerprint density at radius 1 is 1.21 bits per heavy atom. The van der Waals surface area contributed by atoms with Crippen LogP contribution in [-0.2, 0) is 19.4 Å². The van der Waals surface area contributed by atoms with Crippen LogP contribution >= 0.6 is 0 Å². The molecule has 1 aliphatic heterocycles. The molecule has 0 aromatic heterocycles. The summed E-state index contributed by atoms with van der Waals surface area (Å²) in [5.74, 6) is 1.83. The van der Waals surface area contributed by atoms with Crippen molar-refractivity contribution in [3.05, 3.63) is 64.2 Å². The van der Waals surface area contributed by atoms with Gasteiger partial charge in [0, 0.05) is 25.2 Å². The predicted octanol–water partition coefficient (Wildman–Crippen LogP) is 3.58. The third-order valence-corrected chi connectivity index (χ3v) is 6.19. The number of ketones is 1. The van der Waals surface area contributed by atoms with Crippen molar-refractivity contribution in [3.8, 4) is 5.75 Å². The number of ether oxygens (including phenoxy) is 1. The number of nitrogens with zero attached hydrogens (tertiary/aromatic N) is 1. The van der Waals surface area contributed by atoms with E-state index < -0.39 is 0 Å². The third kappa shape index (κ3) is 3.98. The Labute approximate surface area is 167 Å². The summed E-state index contributed by atoms with van der Waals surface area (Å²) >= 11 is 0. The number of likely N-dealkylation sites (N-methyl/N-ethyl adjacent to an activating group) is 1. The standard InChI is InChI=1S/C24H30N2O2/c1-26(12-11-17-9-10-21-19(13-17)14-25-15-23(21)27)16-18-5-3-7-22-20(18)6-4-8-24(22)28-2/h4,6,8-10,13,18,25H,3,5,7,11-12,14-16H2,1-2H3. The number of rotatable bonds is 6. The van der Waals surface area contributed by atoms with Crippen LogP contribution < -0.4 is 10.1 Å². The van der Waals surface area contributed by atoms with Gasteiger partial charge in [0.05, 0.1) is 13.7 Å². The highest BCUT2D eigenvalue weighted by atomic mass is 16.5. The summed E-state index contributed by atoms with van der Waals surface area (Å²) in [6, 6.07) is 12.8. The molecule has 0 bridgehead atoms. The molecule has 2 aromatic rings. The van der Waals surface area contributed by atoms with Crippen LogP contribution in [0.15, 0.2) is 36.4 Å². The van der Waals surface area contributed by atoms with Crippen LogP contribution in [-0.4, -0.2) is 44.5 Å². The Morgan fingerprint density at radius 3 is 2.96 bits per heavy atom. The summed E-state index contributed by atoms with van der Waals surface area (Å²) in [6.07, 6.45) is 4.62. The molecule has 2 aromatic carbocycles. The van der Waals surface area contributed by atoms with Gasteiger partial charge in [0.1, 0.15) is 5.75 Å². The third-order valence-electron chi connectivity index (χ3n) is 6.19. The van der Waals surface area contributed by atoms with Gasteiger partial charge in [0.15, 0.2) is 5.78 Å². The first-order chi connectivity index (χ1) is 13.7. The molecule has 1 atom stereocenters. The SMILES string of the molecule is COc1cccc2c1CCCC2CN(C)CCc1ccc2c(c1)CNCC2=O. The Balaban J connectivity index is 1.38. The first kappa shape index (κ1) is 19.2. The van der Waals surface area contributed by atoms with E-state index in [0.29, 0.717) is 12.5 Å². The van der Waals surface area contributed by atoms with E-state index in [2.05, 4.69) is 47.6 Å². The van der Waals surface area contributed by atoms with Crippen molar-refractivity contribution in [2.45, 2.75) is 38.1 Å². The van der Waals surface area contributed by atoms with E-state index in [1.165, 1.54) is 29.5 Å². The van der Waals surface area contributed by atoms with Gasteiger partial charge in [-0.2, -0.15) is 0 Å². The summed E-state index contributed by atoms with van der Waals surface area (Å²) in [7, 11) is 3.99. The molecule has 0 saturated carbocycles. The highest BCUT2D eigenvalue weighted by Gasteiger charge is 2.24. The average molecular weight is 379 g/mol. The molecule has 4 rings (SSSR count). The summed E-state index contributed by atoms with van der Waals surface area (Å²) < 4.78 is 5.58. The van der Waals surface area contributed by atoms with Crippen molar-refractivity contribution in [1.82, 2.24) is 10.2 Å². The molecule has 28 heavy (non-hydrogen) atoms. The highest BCUT2D eigenvalue weighted by Crippen LogP contribution is 2.36. The minimum absolute atomic E-state index is 0.205. The number of hydrogen-bond acceptors (Lipinski definition) is 4. The molecule has 1 aliphatic carbocycles. The number of fused-ring (bicyclic) bond motifs is 2. The maximum absolute atomic E-state index is 12.0. The quantitative estimate of drug-likeness (QED) is 0.834. The van der Waals surface area contributed by atoms with E-state index in [4.69, 9.17) is 4.74 Å². The second-order valence-corrected chi connectivity index (χ2v) is 8.15. The maximum atomic E-state index is 12.0. The van der Waals surface area contributed by atoms with Gasteiger partial charge in [0.25, 0.3) is 0 Å². The molecule has 1 unspecified atom stereocenters. The van der Waals surface area contributed by atoms with E-state index in [-0.39, 0.29) is 5.78 Å². The molecule has 0 spiro atoms. The van der Waals surface area contributed by atoms with E-state index in [9.17, 15) is 4.79 Å². The number of benzene rings is 2. The normalized spacial score (nSPS) is 18.7. The van der Waals surface area contributed by atoms with Crippen LogP contribution in [0.3, 0.4) is 0 Å². The van der Waals surface area contributed by atoms with E-state index in [0.717, 1.165) is 49.4 Å². The fourth-order valence-electron chi connectivity index (χ4n) is 4.71. The molecule has 2 aliphatic rings. The number of carbonyl (C=O) groups excluding carboxylic acids is 1. The summed E-state index contributed by atoms with van der Waals surface area (Å²) in [5, 5.41) is 3.19. The number of methoxy groups -OCH3 is 1. The fourth-order valence-corrected chi connectivity index (χ4v) is 4.71. The molecular weight excluding hydrogens is 348 g/mol. The Morgan fingerprint density at radius 2 is 2.11 bits per heavy atom. The Kier molecular flexibility index (Phi) is 5.79. The van der Waals surface area contributed by atoms with Gasteiger partial charge < -0.3 is 15.0 Å².